The Labute approximate surface area is 124 Å². The summed E-state index contributed by atoms with van der Waals surface area (Å²) in [7, 11) is 2.02. The van der Waals surface area contributed by atoms with Gasteiger partial charge in [0, 0.05) is 31.2 Å². The van der Waals surface area contributed by atoms with E-state index in [1.165, 1.54) is 0 Å². The van der Waals surface area contributed by atoms with E-state index in [1.54, 1.807) is 24.3 Å². The molecule has 6 nitrogen and oxygen atoms in total. The summed E-state index contributed by atoms with van der Waals surface area (Å²) >= 11 is 0. The highest BCUT2D eigenvalue weighted by Gasteiger charge is 2.19. The van der Waals surface area contributed by atoms with Crippen LogP contribution in [0.4, 0.5) is 5.69 Å². The molecule has 2 rings (SSSR count). The number of hydrogen-bond donors (Lipinski definition) is 2. The monoisotopic (exact) mass is 291 g/mol. The Morgan fingerprint density at radius 3 is 2.81 bits per heavy atom. The molecule has 0 aromatic heterocycles. The largest absolute Gasteiger partial charge is 0.380 e. The Hall–Kier alpha value is -1.92. The summed E-state index contributed by atoms with van der Waals surface area (Å²) in [5.74, 6) is -1.07. The van der Waals surface area contributed by atoms with Crippen molar-refractivity contribution in [2.24, 2.45) is 5.92 Å². The van der Waals surface area contributed by atoms with Crippen molar-refractivity contribution in [3.05, 3.63) is 30.3 Å². The van der Waals surface area contributed by atoms with E-state index in [0.29, 0.717) is 25.4 Å². The lowest BCUT2D eigenvalue weighted by atomic mass is 10.1. The Balaban J connectivity index is 1.77. The van der Waals surface area contributed by atoms with Crippen LogP contribution >= 0.6 is 0 Å². The number of anilines is 1. The molecule has 21 heavy (non-hydrogen) atoms. The van der Waals surface area contributed by atoms with Crippen LogP contribution in [0.5, 0.6) is 0 Å². The minimum Gasteiger partial charge on any atom is -0.380 e. The molecular weight excluding hydrogens is 270 g/mol. The van der Waals surface area contributed by atoms with Crippen molar-refractivity contribution in [1.82, 2.24) is 10.2 Å². The molecule has 2 amide bonds. The summed E-state index contributed by atoms with van der Waals surface area (Å²) in [6.45, 7) is 3.48. The van der Waals surface area contributed by atoms with Crippen LogP contribution in [0.2, 0.25) is 0 Å². The standard InChI is InChI=1S/C15H21N3O3/c1-18-7-8-21-11-12(10-18)9-16-14(19)15(20)17-13-5-3-2-4-6-13/h2-6,12H,7-11H2,1H3,(H,16,19)(H,17,20)/t12-/m0/s1. The van der Waals surface area contributed by atoms with Gasteiger partial charge in [-0.05, 0) is 19.2 Å². The molecule has 0 saturated carbocycles. The first-order valence-electron chi connectivity index (χ1n) is 7.05. The lowest BCUT2D eigenvalue weighted by molar-refractivity contribution is -0.136. The maximum Gasteiger partial charge on any atom is 0.313 e. The van der Waals surface area contributed by atoms with Gasteiger partial charge >= 0.3 is 11.8 Å². The fourth-order valence-corrected chi connectivity index (χ4v) is 2.21. The molecule has 1 fully saturated rings. The van der Waals surface area contributed by atoms with Gasteiger partial charge in [0.1, 0.15) is 0 Å². The second kappa shape index (κ2) is 7.75. The van der Waals surface area contributed by atoms with Crippen molar-refractivity contribution < 1.29 is 14.3 Å². The van der Waals surface area contributed by atoms with E-state index in [0.717, 1.165) is 13.1 Å². The summed E-state index contributed by atoms with van der Waals surface area (Å²) in [5, 5.41) is 5.22. The normalized spacial score (nSPS) is 19.6. The van der Waals surface area contributed by atoms with Crippen LogP contribution in [-0.2, 0) is 14.3 Å². The Morgan fingerprint density at radius 2 is 2.05 bits per heavy atom. The quantitative estimate of drug-likeness (QED) is 0.787. The molecule has 1 aromatic rings. The number of carbonyl (C=O) groups excluding carboxylic acids is 2. The molecule has 1 saturated heterocycles. The van der Waals surface area contributed by atoms with Gasteiger partial charge in [-0.1, -0.05) is 18.2 Å². The zero-order valence-corrected chi connectivity index (χ0v) is 12.2. The molecule has 0 spiro atoms. The van der Waals surface area contributed by atoms with Crippen LogP contribution < -0.4 is 10.6 Å². The van der Waals surface area contributed by atoms with Crippen molar-refractivity contribution in [3.63, 3.8) is 0 Å². The lowest BCUT2D eigenvalue weighted by Gasteiger charge is -2.19. The third-order valence-electron chi connectivity index (χ3n) is 3.33. The van der Waals surface area contributed by atoms with E-state index in [1.807, 2.05) is 13.1 Å². The Morgan fingerprint density at radius 1 is 1.29 bits per heavy atom. The lowest BCUT2D eigenvalue weighted by Crippen LogP contribution is -2.40. The number of nitrogens with zero attached hydrogens (tertiary/aromatic N) is 1. The number of likely N-dealkylation sites (N-methyl/N-ethyl adjacent to an activating group) is 1. The second-order valence-electron chi connectivity index (χ2n) is 5.23. The molecular formula is C15H21N3O3. The summed E-state index contributed by atoms with van der Waals surface area (Å²) < 4.78 is 5.47. The van der Waals surface area contributed by atoms with E-state index in [4.69, 9.17) is 4.74 Å². The predicted molar refractivity (Wildman–Crippen MR) is 79.9 cm³/mol. The van der Waals surface area contributed by atoms with Gasteiger partial charge < -0.3 is 20.3 Å². The zero-order valence-electron chi connectivity index (χ0n) is 12.2. The topological polar surface area (TPSA) is 70.7 Å². The SMILES string of the molecule is CN1CCOC[C@@H](CNC(=O)C(=O)Nc2ccccc2)C1. The molecule has 6 heteroatoms. The number of rotatable bonds is 3. The van der Waals surface area contributed by atoms with Gasteiger partial charge in [0.05, 0.1) is 13.2 Å². The maximum atomic E-state index is 11.8. The molecule has 0 aliphatic carbocycles. The number of benzene rings is 1. The average Bonchev–Trinajstić information content (AvgIpc) is 2.70. The van der Waals surface area contributed by atoms with Crippen molar-refractivity contribution in [1.29, 1.82) is 0 Å². The van der Waals surface area contributed by atoms with Gasteiger partial charge in [0.25, 0.3) is 0 Å². The molecule has 1 aliphatic heterocycles. The number of nitrogens with one attached hydrogen (secondary N) is 2. The molecule has 1 aromatic carbocycles. The van der Waals surface area contributed by atoms with Crippen LogP contribution in [0.15, 0.2) is 30.3 Å². The highest BCUT2D eigenvalue weighted by molar-refractivity contribution is 6.39. The minimum absolute atomic E-state index is 0.200. The molecule has 1 atom stereocenters. The number of carbonyl (C=O) groups is 2. The Bertz CT molecular complexity index is 478. The third-order valence-corrected chi connectivity index (χ3v) is 3.33. The molecule has 0 unspecified atom stereocenters. The van der Waals surface area contributed by atoms with E-state index in [9.17, 15) is 9.59 Å². The van der Waals surface area contributed by atoms with E-state index in [2.05, 4.69) is 15.5 Å². The number of ether oxygens (including phenoxy) is 1. The van der Waals surface area contributed by atoms with Gasteiger partial charge in [-0.2, -0.15) is 0 Å². The molecule has 114 valence electrons. The molecule has 0 bridgehead atoms. The third kappa shape index (κ3) is 5.17. The van der Waals surface area contributed by atoms with Gasteiger partial charge in [-0.25, -0.2) is 0 Å². The highest BCUT2D eigenvalue weighted by Crippen LogP contribution is 2.05. The van der Waals surface area contributed by atoms with Crippen LogP contribution in [0.3, 0.4) is 0 Å². The second-order valence-corrected chi connectivity index (χ2v) is 5.23. The fraction of sp³-hybridized carbons (Fsp3) is 0.467. The number of amides is 2. The summed E-state index contributed by atoms with van der Waals surface area (Å²) in [5.41, 5.74) is 0.607. The molecule has 0 radical (unpaired) electrons. The number of hydrogen-bond acceptors (Lipinski definition) is 4. The van der Waals surface area contributed by atoms with Crippen molar-refractivity contribution in [2.75, 3.05) is 45.2 Å². The van der Waals surface area contributed by atoms with Crippen molar-refractivity contribution in [2.45, 2.75) is 0 Å². The van der Waals surface area contributed by atoms with Crippen molar-refractivity contribution >= 4 is 17.5 Å². The van der Waals surface area contributed by atoms with Gasteiger partial charge in [-0.3, -0.25) is 9.59 Å². The van der Waals surface area contributed by atoms with Crippen molar-refractivity contribution in [3.8, 4) is 0 Å². The smallest absolute Gasteiger partial charge is 0.313 e. The summed E-state index contributed by atoms with van der Waals surface area (Å²) in [6, 6.07) is 8.91. The zero-order chi connectivity index (χ0) is 15.1. The van der Waals surface area contributed by atoms with Crippen LogP contribution in [-0.4, -0.2) is 56.6 Å². The van der Waals surface area contributed by atoms with Gasteiger partial charge in [-0.15, -0.1) is 0 Å². The fourth-order valence-electron chi connectivity index (χ4n) is 2.21. The van der Waals surface area contributed by atoms with Crippen LogP contribution in [0.25, 0.3) is 0 Å². The Kier molecular flexibility index (Phi) is 5.71. The summed E-state index contributed by atoms with van der Waals surface area (Å²) in [4.78, 5) is 25.7. The molecule has 2 N–H and O–H groups in total. The van der Waals surface area contributed by atoms with E-state index >= 15 is 0 Å². The minimum atomic E-state index is -0.649. The predicted octanol–water partition coefficient (Wildman–Crippen LogP) is 0.320. The highest BCUT2D eigenvalue weighted by atomic mass is 16.5. The number of para-hydroxylation sites is 1. The van der Waals surface area contributed by atoms with Gasteiger partial charge in [0.2, 0.25) is 0 Å². The molecule has 1 aliphatic rings. The van der Waals surface area contributed by atoms with Crippen LogP contribution in [0.1, 0.15) is 0 Å². The maximum absolute atomic E-state index is 11.8. The van der Waals surface area contributed by atoms with Gasteiger partial charge in [0.15, 0.2) is 0 Å². The van der Waals surface area contributed by atoms with E-state index < -0.39 is 11.8 Å². The van der Waals surface area contributed by atoms with Crippen LogP contribution in [0, 0.1) is 5.92 Å². The first-order chi connectivity index (χ1) is 10.1. The average molecular weight is 291 g/mol. The first kappa shape index (κ1) is 15.5. The summed E-state index contributed by atoms with van der Waals surface area (Å²) in [6.07, 6.45) is 0. The first-order valence-corrected chi connectivity index (χ1v) is 7.05. The molecule has 1 heterocycles. The van der Waals surface area contributed by atoms with E-state index in [-0.39, 0.29) is 5.92 Å².